The molecule has 1 N–H and O–H groups in total. The van der Waals surface area contributed by atoms with Crippen LogP contribution in [0.1, 0.15) is 38.9 Å². The van der Waals surface area contributed by atoms with Gasteiger partial charge in [0.25, 0.3) is 0 Å². The van der Waals surface area contributed by atoms with Crippen molar-refractivity contribution in [1.82, 2.24) is 9.97 Å². The van der Waals surface area contributed by atoms with Gasteiger partial charge < -0.3 is 10.0 Å². The normalized spacial score (nSPS) is 10.6. The smallest absolute Gasteiger partial charge is 0.323 e. The average Bonchev–Trinajstić information content (AvgIpc) is 2.28. The minimum absolute atomic E-state index is 0.0254. The Bertz CT molecular complexity index is 380. The second-order valence-electron chi connectivity index (χ2n) is 4.24. The van der Waals surface area contributed by atoms with Crippen molar-refractivity contribution in [3.8, 4) is 0 Å². The minimum Gasteiger partial charge on any atom is -0.480 e. The maximum atomic E-state index is 10.8. The van der Waals surface area contributed by atoms with E-state index in [2.05, 4.69) is 9.97 Å². The van der Waals surface area contributed by atoms with Crippen LogP contribution in [-0.2, 0) is 4.79 Å². The van der Waals surface area contributed by atoms with Crippen LogP contribution in [0.25, 0.3) is 0 Å². The van der Waals surface area contributed by atoms with Crippen molar-refractivity contribution in [2.75, 3.05) is 18.0 Å². The van der Waals surface area contributed by atoms with Crippen LogP contribution >= 0.6 is 0 Å². The second kappa shape index (κ2) is 6.18. The van der Waals surface area contributed by atoms with Crippen LogP contribution in [0.5, 0.6) is 0 Å². The van der Waals surface area contributed by atoms with Crippen molar-refractivity contribution in [3.05, 3.63) is 18.1 Å². The Morgan fingerprint density at radius 2 is 2.24 bits per heavy atom. The van der Waals surface area contributed by atoms with Crippen LogP contribution in [-0.4, -0.2) is 34.1 Å². The Hall–Kier alpha value is -1.65. The van der Waals surface area contributed by atoms with Crippen molar-refractivity contribution in [2.24, 2.45) is 0 Å². The van der Waals surface area contributed by atoms with Crippen LogP contribution in [0.4, 0.5) is 5.82 Å². The summed E-state index contributed by atoms with van der Waals surface area (Å²) in [4.78, 5) is 21.1. The molecule has 17 heavy (non-hydrogen) atoms. The quantitative estimate of drug-likeness (QED) is 0.818. The number of nitrogens with zero attached hydrogens (tertiary/aromatic N) is 3. The van der Waals surface area contributed by atoms with Gasteiger partial charge in [-0.3, -0.25) is 4.79 Å². The highest BCUT2D eigenvalue weighted by Gasteiger charge is 2.12. The molecular weight excluding hydrogens is 218 g/mol. The number of rotatable bonds is 6. The van der Waals surface area contributed by atoms with E-state index >= 15 is 0 Å². The number of carboxylic acid groups (broad SMARTS) is 1. The molecule has 0 amide bonds. The standard InChI is InChI=1S/C12H19N3O2/c1-4-7-15(8-11(16)17)10-5-6-13-12(14-10)9(2)3/h5-6,9H,4,7-8H2,1-3H3,(H,16,17). The molecule has 0 spiro atoms. The molecule has 0 saturated heterocycles. The molecule has 94 valence electrons. The van der Waals surface area contributed by atoms with E-state index in [1.807, 2.05) is 20.8 Å². The fourth-order valence-electron chi connectivity index (χ4n) is 1.53. The van der Waals surface area contributed by atoms with Gasteiger partial charge in [-0.1, -0.05) is 20.8 Å². The number of hydrogen-bond acceptors (Lipinski definition) is 4. The van der Waals surface area contributed by atoms with E-state index in [1.165, 1.54) is 0 Å². The van der Waals surface area contributed by atoms with E-state index in [0.29, 0.717) is 12.4 Å². The Morgan fingerprint density at radius 3 is 2.76 bits per heavy atom. The van der Waals surface area contributed by atoms with Crippen LogP contribution in [0, 0.1) is 0 Å². The molecule has 1 heterocycles. The summed E-state index contributed by atoms with van der Waals surface area (Å²) in [6.45, 7) is 6.70. The zero-order valence-corrected chi connectivity index (χ0v) is 10.6. The molecular formula is C12H19N3O2. The monoisotopic (exact) mass is 237 g/mol. The Morgan fingerprint density at radius 1 is 1.53 bits per heavy atom. The van der Waals surface area contributed by atoms with Gasteiger partial charge in [-0.2, -0.15) is 0 Å². The molecule has 1 aromatic heterocycles. The minimum atomic E-state index is -0.844. The van der Waals surface area contributed by atoms with Gasteiger partial charge in [-0.15, -0.1) is 0 Å². The zero-order valence-electron chi connectivity index (χ0n) is 10.6. The number of aliphatic carboxylic acids is 1. The van der Waals surface area contributed by atoms with E-state index in [4.69, 9.17) is 5.11 Å². The summed E-state index contributed by atoms with van der Waals surface area (Å²) in [5.74, 6) is 0.827. The van der Waals surface area contributed by atoms with E-state index in [9.17, 15) is 4.79 Å². The highest BCUT2D eigenvalue weighted by atomic mass is 16.4. The van der Waals surface area contributed by atoms with Crippen LogP contribution in [0.15, 0.2) is 12.3 Å². The van der Waals surface area contributed by atoms with Gasteiger partial charge in [0.15, 0.2) is 0 Å². The maximum absolute atomic E-state index is 10.8. The van der Waals surface area contributed by atoms with Gasteiger partial charge in [0.1, 0.15) is 18.2 Å². The summed E-state index contributed by atoms with van der Waals surface area (Å²) in [7, 11) is 0. The number of carboxylic acids is 1. The van der Waals surface area contributed by atoms with Crippen molar-refractivity contribution < 1.29 is 9.90 Å². The molecule has 0 unspecified atom stereocenters. The molecule has 0 aliphatic heterocycles. The lowest BCUT2D eigenvalue weighted by Crippen LogP contribution is -2.31. The van der Waals surface area contributed by atoms with E-state index in [0.717, 1.165) is 12.2 Å². The van der Waals surface area contributed by atoms with Crippen molar-refractivity contribution >= 4 is 11.8 Å². The molecule has 0 fully saturated rings. The van der Waals surface area contributed by atoms with Crippen molar-refractivity contribution in [2.45, 2.75) is 33.1 Å². The van der Waals surface area contributed by atoms with Gasteiger partial charge in [-0.05, 0) is 12.5 Å². The molecule has 5 heteroatoms. The third-order valence-corrected chi connectivity index (χ3v) is 2.32. The number of aromatic nitrogens is 2. The third kappa shape index (κ3) is 4.01. The van der Waals surface area contributed by atoms with E-state index in [1.54, 1.807) is 17.2 Å². The molecule has 0 atom stereocenters. The van der Waals surface area contributed by atoms with Gasteiger partial charge >= 0.3 is 5.97 Å². The maximum Gasteiger partial charge on any atom is 0.323 e. The molecule has 5 nitrogen and oxygen atoms in total. The summed E-state index contributed by atoms with van der Waals surface area (Å²) in [5, 5.41) is 8.87. The first-order valence-electron chi connectivity index (χ1n) is 5.84. The molecule has 0 saturated carbocycles. The molecule has 1 aromatic rings. The molecule has 0 aliphatic rings. The number of anilines is 1. The summed E-state index contributed by atoms with van der Waals surface area (Å²) in [5.41, 5.74) is 0. The zero-order chi connectivity index (χ0) is 12.8. The second-order valence-corrected chi connectivity index (χ2v) is 4.24. The molecule has 0 bridgehead atoms. The highest BCUT2D eigenvalue weighted by molar-refractivity contribution is 5.73. The predicted molar refractivity (Wildman–Crippen MR) is 66.3 cm³/mol. The molecule has 0 aliphatic carbocycles. The Labute approximate surface area is 102 Å². The highest BCUT2D eigenvalue weighted by Crippen LogP contribution is 2.14. The lowest BCUT2D eigenvalue weighted by Gasteiger charge is -2.21. The van der Waals surface area contributed by atoms with Gasteiger partial charge in [0, 0.05) is 18.7 Å². The number of hydrogen-bond donors (Lipinski definition) is 1. The summed E-state index contributed by atoms with van der Waals surface area (Å²) < 4.78 is 0. The summed E-state index contributed by atoms with van der Waals surface area (Å²) in [6.07, 6.45) is 2.57. The van der Waals surface area contributed by atoms with E-state index in [-0.39, 0.29) is 12.5 Å². The topological polar surface area (TPSA) is 66.3 Å². The average molecular weight is 237 g/mol. The fraction of sp³-hybridized carbons (Fsp3) is 0.583. The van der Waals surface area contributed by atoms with Crippen molar-refractivity contribution in [3.63, 3.8) is 0 Å². The van der Waals surface area contributed by atoms with Crippen LogP contribution in [0.3, 0.4) is 0 Å². The first-order chi connectivity index (χ1) is 8.04. The Kier molecular flexibility index (Phi) is 4.87. The van der Waals surface area contributed by atoms with Gasteiger partial charge in [-0.25, -0.2) is 9.97 Å². The van der Waals surface area contributed by atoms with Crippen LogP contribution < -0.4 is 4.90 Å². The van der Waals surface area contributed by atoms with Crippen LogP contribution in [0.2, 0.25) is 0 Å². The lowest BCUT2D eigenvalue weighted by molar-refractivity contribution is -0.135. The molecule has 0 aromatic carbocycles. The van der Waals surface area contributed by atoms with E-state index < -0.39 is 5.97 Å². The van der Waals surface area contributed by atoms with Gasteiger partial charge in [0.05, 0.1) is 0 Å². The first kappa shape index (κ1) is 13.4. The predicted octanol–water partition coefficient (Wildman–Crippen LogP) is 1.90. The SMILES string of the molecule is CCCN(CC(=O)O)c1ccnc(C(C)C)n1. The number of carbonyl (C=O) groups is 1. The summed E-state index contributed by atoms with van der Waals surface area (Å²) >= 11 is 0. The largest absolute Gasteiger partial charge is 0.480 e. The lowest BCUT2D eigenvalue weighted by atomic mass is 10.2. The fourth-order valence-corrected chi connectivity index (χ4v) is 1.53. The molecule has 1 rings (SSSR count). The third-order valence-electron chi connectivity index (χ3n) is 2.32. The Balaban J connectivity index is 2.92. The first-order valence-corrected chi connectivity index (χ1v) is 5.84. The van der Waals surface area contributed by atoms with Crippen molar-refractivity contribution in [1.29, 1.82) is 0 Å². The molecule has 0 radical (unpaired) electrons. The van der Waals surface area contributed by atoms with Gasteiger partial charge in [0.2, 0.25) is 0 Å². The summed E-state index contributed by atoms with van der Waals surface area (Å²) in [6, 6.07) is 1.75.